The summed E-state index contributed by atoms with van der Waals surface area (Å²) in [7, 11) is 0. The number of nitriles is 1. The van der Waals surface area contributed by atoms with E-state index in [9.17, 15) is 25.0 Å². The second kappa shape index (κ2) is 10.2. The van der Waals surface area contributed by atoms with Gasteiger partial charge in [0, 0.05) is 17.2 Å². The quantitative estimate of drug-likeness (QED) is 0.132. The number of hydrogen-bond donors (Lipinski definition) is 1. The number of aryl methyl sites for hydroxylation is 1. The number of halogens is 1. The Bertz CT molecular complexity index is 1310. The molecule has 0 aliphatic carbocycles. The highest BCUT2D eigenvalue weighted by Gasteiger charge is 2.15. The third kappa shape index (κ3) is 6.03. The van der Waals surface area contributed by atoms with Gasteiger partial charge in [0.1, 0.15) is 17.4 Å². The molecule has 0 bridgehead atoms. The Balaban J connectivity index is 1.78. The SMILES string of the molecule is Cc1ccc([N+](=O)[O-])cc1NC(=O)/C(C#N)=C/c1cccc(OC(=O)c2ccc(Cl)cc2)c1. The van der Waals surface area contributed by atoms with E-state index in [2.05, 4.69) is 5.32 Å². The minimum absolute atomic E-state index is 0.186. The molecule has 0 radical (unpaired) electrons. The lowest BCUT2D eigenvalue weighted by Crippen LogP contribution is -2.14. The smallest absolute Gasteiger partial charge is 0.343 e. The highest BCUT2D eigenvalue weighted by atomic mass is 35.5. The topological polar surface area (TPSA) is 122 Å². The summed E-state index contributed by atoms with van der Waals surface area (Å²) in [5.74, 6) is -1.10. The maximum absolute atomic E-state index is 12.6. The molecule has 1 N–H and O–H groups in total. The fourth-order valence-corrected chi connectivity index (χ4v) is 2.91. The van der Waals surface area contributed by atoms with E-state index in [1.54, 1.807) is 37.3 Å². The number of esters is 1. The molecule has 33 heavy (non-hydrogen) atoms. The standard InChI is InChI=1S/C24H16ClN3O5/c1-15-5-10-20(28(31)32)13-22(15)27-23(29)18(14-26)11-16-3-2-4-21(12-16)33-24(30)17-6-8-19(25)9-7-17/h2-13H,1H3,(H,27,29)/b18-11+. The first-order valence-corrected chi connectivity index (χ1v) is 9.90. The maximum Gasteiger partial charge on any atom is 0.343 e. The molecule has 0 aromatic heterocycles. The average Bonchev–Trinajstić information content (AvgIpc) is 2.79. The zero-order chi connectivity index (χ0) is 24.0. The third-order valence-corrected chi connectivity index (χ3v) is 4.76. The number of nitrogens with one attached hydrogen (secondary N) is 1. The van der Waals surface area contributed by atoms with Crippen LogP contribution in [0.5, 0.6) is 5.75 Å². The molecule has 0 unspecified atom stereocenters. The number of rotatable bonds is 6. The molecule has 0 atom stereocenters. The van der Waals surface area contributed by atoms with Gasteiger partial charge >= 0.3 is 5.97 Å². The van der Waals surface area contributed by atoms with E-state index in [4.69, 9.17) is 16.3 Å². The van der Waals surface area contributed by atoms with Crippen molar-refractivity contribution in [1.82, 2.24) is 0 Å². The Morgan fingerprint density at radius 2 is 1.85 bits per heavy atom. The van der Waals surface area contributed by atoms with Gasteiger partial charge in [0.15, 0.2) is 0 Å². The summed E-state index contributed by atoms with van der Waals surface area (Å²) in [5.41, 5.74) is 1.16. The number of ether oxygens (including phenoxy) is 1. The maximum atomic E-state index is 12.6. The van der Waals surface area contributed by atoms with Gasteiger partial charge in [0.2, 0.25) is 0 Å². The Morgan fingerprint density at radius 1 is 1.12 bits per heavy atom. The number of benzene rings is 3. The van der Waals surface area contributed by atoms with Crippen molar-refractivity contribution < 1.29 is 19.2 Å². The van der Waals surface area contributed by atoms with Gasteiger partial charge in [0.05, 0.1) is 16.2 Å². The van der Waals surface area contributed by atoms with Crippen molar-refractivity contribution in [2.75, 3.05) is 5.32 Å². The van der Waals surface area contributed by atoms with Crippen molar-refractivity contribution in [2.45, 2.75) is 6.92 Å². The summed E-state index contributed by atoms with van der Waals surface area (Å²) in [6.45, 7) is 1.67. The van der Waals surface area contributed by atoms with Gasteiger partial charge in [-0.2, -0.15) is 5.26 Å². The molecule has 8 nitrogen and oxygen atoms in total. The van der Waals surface area contributed by atoms with Gasteiger partial charge in [-0.15, -0.1) is 0 Å². The van der Waals surface area contributed by atoms with Crippen LogP contribution in [0.2, 0.25) is 5.02 Å². The van der Waals surface area contributed by atoms with E-state index in [0.717, 1.165) is 0 Å². The highest BCUT2D eigenvalue weighted by Crippen LogP contribution is 2.23. The number of carbonyl (C=O) groups excluding carboxylic acids is 2. The second-order valence-electron chi connectivity index (χ2n) is 6.85. The molecule has 164 valence electrons. The van der Waals surface area contributed by atoms with E-state index >= 15 is 0 Å². The van der Waals surface area contributed by atoms with Crippen molar-refractivity contribution in [2.24, 2.45) is 0 Å². The number of amides is 1. The Kier molecular flexibility index (Phi) is 7.18. The monoisotopic (exact) mass is 461 g/mol. The van der Waals surface area contributed by atoms with E-state index in [1.165, 1.54) is 42.5 Å². The lowest BCUT2D eigenvalue weighted by Gasteiger charge is -2.08. The fraction of sp³-hybridized carbons (Fsp3) is 0.0417. The van der Waals surface area contributed by atoms with Crippen LogP contribution >= 0.6 is 11.6 Å². The summed E-state index contributed by atoms with van der Waals surface area (Å²) in [6.07, 6.45) is 1.32. The van der Waals surface area contributed by atoms with Crippen LogP contribution in [-0.2, 0) is 4.79 Å². The van der Waals surface area contributed by atoms with E-state index in [-0.39, 0.29) is 22.7 Å². The summed E-state index contributed by atoms with van der Waals surface area (Å²) >= 11 is 5.82. The molecular formula is C24H16ClN3O5. The molecule has 0 aliphatic heterocycles. The van der Waals surface area contributed by atoms with Gasteiger partial charge in [-0.25, -0.2) is 4.79 Å². The molecule has 3 aromatic rings. The van der Waals surface area contributed by atoms with Crippen LogP contribution in [0.25, 0.3) is 6.08 Å². The molecular weight excluding hydrogens is 446 g/mol. The average molecular weight is 462 g/mol. The normalized spacial score (nSPS) is 10.8. The molecule has 0 saturated heterocycles. The number of hydrogen-bond acceptors (Lipinski definition) is 6. The van der Waals surface area contributed by atoms with E-state index in [1.807, 2.05) is 6.07 Å². The van der Waals surface area contributed by atoms with Crippen LogP contribution in [-0.4, -0.2) is 16.8 Å². The number of nitrogens with zero attached hydrogens (tertiary/aromatic N) is 2. The van der Waals surface area contributed by atoms with Crippen LogP contribution < -0.4 is 10.1 Å². The Labute approximate surface area is 193 Å². The number of non-ortho nitro benzene ring substituents is 1. The van der Waals surface area contributed by atoms with Crippen LogP contribution in [0.3, 0.4) is 0 Å². The summed E-state index contributed by atoms with van der Waals surface area (Å²) in [5, 5.41) is 23.4. The summed E-state index contributed by atoms with van der Waals surface area (Å²) in [6, 6.07) is 18.3. The van der Waals surface area contributed by atoms with Crippen LogP contribution in [0.4, 0.5) is 11.4 Å². The zero-order valence-corrected chi connectivity index (χ0v) is 18.0. The van der Waals surface area contributed by atoms with Gasteiger partial charge in [-0.05, 0) is 60.5 Å². The molecule has 3 aromatic carbocycles. The molecule has 0 spiro atoms. The number of anilines is 1. The first-order chi connectivity index (χ1) is 15.8. The number of nitro groups is 1. The molecule has 9 heteroatoms. The number of carbonyl (C=O) groups is 2. The van der Waals surface area contributed by atoms with Crippen LogP contribution in [0.1, 0.15) is 21.5 Å². The lowest BCUT2D eigenvalue weighted by atomic mass is 10.1. The van der Waals surface area contributed by atoms with E-state index < -0.39 is 16.8 Å². The first-order valence-electron chi connectivity index (χ1n) is 9.53. The van der Waals surface area contributed by atoms with Gasteiger partial charge < -0.3 is 10.1 Å². The van der Waals surface area contributed by atoms with Crippen LogP contribution in [0.15, 0.2) is 72.3 Å². The molecule has 0 heterocycles. The number of nitro benzene ring substituents is 1. The second-order valence-corrected chi connectivity index (χ2v) is 7.29. The van der Waals surface area contributed by atoms with Crippen molar-refractivity contribution in [3.8, 4) is 11.8 Å². The van der Waals surface area contributed by atoms with Gasteiger partial charge in [0.25, 0.3) is 11.6 Å². The molecule has 1 amide bonds. The Morgan fingerprint density at radius 3 is 2.52 bits per heavy atom. The van der Waals surface area contributed by atoms with Crippen molar-refractivity contribution >= 4 is 40.9 Å². The minimum Gasteiger partial charge on any atom is -0.423 e. The molecule has 0 aliphatic rings. The van der Waals surface area contributed by atoms with Crippen LogP contribution in [0, 0.1) is 28.4 Å². The summed E-state index contributed by atoms with van der Waals surface area (Å²) in [4.78, 5) is 35.3. The lowest BCUT2D eigenvalue weighted by molar-refractivity contribution is -0.384. The largest absolute Gasteiger partial charge is 0.423 e. The highest BCUT2D eigenvalue weighted by molar-refractivity contribution is 6.30. The van der Waals surface area contributed by atoms with Crippen molar-refractivity contribution in [3.05, 3.63) is 104 Å². The predicted octanol–water partition coefficient (Wildman–Crippen LogP) is 5.32. The van der Waals surface area contributed by atoms with Gasteiger partial charge in [-0.3, -0.25) is 14.9 Å². The molecule has 3 rings (SSSR count). The third-order valence-electron chi connectivity index (χ3n) is 4.50. The van der Waals surface area contributed by atoms with Crippen molar-refractivity contribution in [1.29, 1.82) is 5.26 Å². The van der Waals surface area contributed by atoms with E-state index in [0.29, 0.717) is 21.7 Å². The summed E-state index contributed by atoms with van der Waals surface area (Å²) < 4.78 is 5.35. The zero-order valence-electron chi connectivity index (χ0n) is 17.2. The van der Waals surface area contributed by atoms with Crippen molar-refractivity contribution in [3.63, 3.8) is 0 Å². The Hall–Kier alpha value is -4.48. The molecule has 0 saturated carbocycles. The fourth-order valence-electron chi connectivity index (χ4n) is 2.78. The van der Waals surface area contributed by atoms with Gasteiger partial charge in [-0.1, -0.05) is 29.8 Å². The minimum atomic E-state index is -0.732. The predicted molar refractivity (Wildman–Crippen MR) is 123 cm³/mol. The molecule has 0 fully saturated rings. The first kappa shape index (κ1) is 23.2.